The summed E-state index contributed by atoms with van der Waals surface area (Å²) in [5, 5.41) is 15.4. The highest BCUT2D eigenvalue weighted by Crippen LogP contribution is 2.32. The fourth-order valence-corrected chi connectivity index (χ4v) is 4.83. The van der Waals surface area contributed by atoms with Crippen molar-refractivity contribution in [1.82, 2.24) is 14.9 Å². The van der Waals surface area contributed by atoms with E-state index in [1.807, 2.05) is 54.4 Å². The van der Waals surface area contributed by atoms with Crippen LogP contribution in [0.1, 0.15) is 34.5 Å². The average Bonchev–Trinajstić information content (AvgIpc) is 2.89. The molecule has 5 rings (SSSR count). The van der Waals surface area contributed by atoms with Gasteiger partial charge in [0.15, 0.2) is 0 Å². The fourth-order valence-electron chi connectivity index (χ4n) is 4.55. The molecule has 1 fully saturated rings. The van der Waals surface area contributed by atoms with Crippen LogP contribution in [0.15, 0.2) is 67.0 Å². The first-order valence-electron chi connectivity index (χ1n) is 11.6. The Bertz CT molecular complexity index is 1450. The highest BCUT2D eigenvalue weighted by Gasteiger charge is 2.25. The lowest BCUT2D eigenvalue weighted by Crippen LogP contribution is -2.42. The summed E-state index contributed by atoms with van der Waals surface area (Å²) in [6.45, 7) is 3.13. The number of carbonyl (C=O) groups is 1. The molecule has 1 amide bonds. The summed E-state index contributed by atoms with van der Waals surface area (Å²) in [6, 6.07) is 19.9. The zero-order valence-electron chi connectivity index (χ0n) is 19.3. The lowest BCUT2D eigenvalue weighted by molar-refractivity contribution is 0.0718. The monoisotopic (exact) mass is 481 g/mol. The van der Waals surface area contributed by atoms with Crippen molar-refractivity contribution < 1.29 is 4.79 Å². The molecule has 7 heteroatoms. The largest absolute Gasteiger partial charge is 0.382 e. The van der Waals surface area contributed by atoms with E-state index in [2.05, 4.69) is 33.5 Å². The van der Waals surface area contributed by atoms with Crippen molar-refractivity contribution >= 4 is 34.0 Å². The number of halogens is 1. The van der Waals surface area contributed by atoms with E-state index in [0.29, 0.717) is 24.2 Å². The lowest BCUT2D eigenvalue weighted by Gasteiger charge is -2.33. The van der Waals surface area contributed by atoms with E-state index in [1.54, 1.807) is 12.3 Å². The van der Waals surface area contributed by atoms with Gasteiger partial charge in [0.25, 0.3) is 5.91 Å². The molecule has 1 aliphatic rings. The normalized spacial score (nSPS) is 14.0. The predicted octanol–water partition coefficient (Wildman–Crippen LogP) is 5.85. The maximum absolute atomic E-state index is 13.0. The van der Waals surface area contributed by atoms with Crippen LogP contribution in [0.5, 0.6) is 0 Å². The molecule has 1 saturated heterocycles. The highest BCUT2D eigenvalue weighted by atomic mass is 35.5. The van der Waals surface area contributed by atoms with Crippen molar-refractivity contribution in [2.45, 2.75) is 25.8 Å². The molecule has 1 N–H and O–H groups in total. The third kappa shape index (κ3) is 4.82. The van der Waals surface area contributed by atoms with Crippen molar-refractivity contribution in [3.63, 3.8) is 0 Å². The number of nitrogens with zero attached hydrogens (tertiary/aromatic N) is 4. The average molecular weight is 482 g/mol. The van der Waals surface area contributed by atoms with Crippen molar-refractivity contribution in [2.24, 2.45) is 0 Å². The van der Waals surface area contributed by atoms with E-state index in [1.165, 1.54) is 0 Å². The van der Waals surface area contributed by atoms with Crippen LogP contribution in [0.2, 0.25) is 5.15 Å². The Hall–Kier alpha value is -3.95. The Morgan fingerprint density at radius 2 is 1.94 bits per heavy atom. The van der Waals surface area contributed by atoms with Gasteiger partial charge >= 0.3 is 0 Å². The van der Waals surface area contributed by atoms with E-state index >= 15 is 0 Å². The van der Waals surface area contributed by atoms with E-state index in [-0.39, 0.29) is 17.1 Å². The first kappa shape index (κ1) is 22.8. The first-order chi connectivity index (χ1) is 17.0. The molecule has 35 heavy (non-hydrogen) atoms. The van der Waals surface area contributed by atoms with Gasteiger partial charge in [0.1, 0.15) is 5.15 Å². The molecule has 0 spiro atoms. The number of benzene rings is 2. The maximum atomic E-state index is 13.0. The number of nitrogens with one attached hydrogen (secondary N) is 1. The molecule has 0 unspecified atom stereocenters. The SMILES string of the molecule is Cc1ccc(C(=O)N2CCC(Nc3cc(-c4cccc(C#N)c4)cc4ccncc34)CC2)c(Cl)n1. The molecular weight excluding hydrogens is 458 g/mol. The van der Waals surface area contributed by atoms with E-state index < -0.39 is 0 Å². The molecule has 3 heterocycles. The minimum absolute atomic E-state index is 0.0741. The second-order valence-electron chi connectivity index (χ2n) is 8.82. The summed E-state index contributed by atoms with van der Waals surface area (Å²) in [6.07, 6.45) is 5.30. The molecule has 0 bridgehead atoms. The zero-order chi connectivity index (χ0) is 24.4. The number of nitriles is 1. The van der Waals surface area contributed by atoms with Crippen LogP contribution in [0, 0.1) is 18.3 Å². The van der Waals surface area contributed by atoms with Crippen LogP contribution in [0.25, 0.3) is 21.9 Å². The molecule has 1 aliphatic heterocycles. The van der Waals surface area contributed by atoms with Crippen LogP contribution in [-0.4, -0.2) is 39.9 Å². The molecular formula is C28H24ClN5O. The van der Waals surface area contributed by atoms with Gasteiger partial charge in [0.05, 0.1) is 17.2 Å². The van der Waals surface area contributed by atoms with Crippen LogP contribution in [0.4, 0.5) is 5.69 Å². The maximum Gasteiger partial charge on any atom is 0.256 e. The Kier molecular flexibility index (Phi) is 6.35. The third-order valence-corrected chi connectivity index (χ3v) is 6.73. The molecule has 0 aliphatic carbocycles. The third-order valence-electron chi connectivity index (χ3n) is 6.44. The minimum Gasteiger partial charge on any atom is -0.382 e. The van der Waals surface area contributed by atoms with E-state index in [4.69, 9.17) is 11.6 Å². The topological polar surface area (TPSA) is 81.9 Å². The molecule has 2 aromatic heterocycles. The van der Waals surface area contributed by atoms with Gasteiger partial charge in [-0.3, -0.25) is 9.78 Å². The van der Waals surface area contributed by atoms with Crippen molar-refractivity contribution in [1.29, 1.82) is 5.26 Å². The quantitative estimate of drug-likeness (QED) is 0.370. The number of aryl methyl sites for hydroxylation is 1. The number of aromatic nitrogens is 2. The second-order valence-corrected chi connectivity index (χ2v) is 9.17. The Labute approximate surface area is 209 Å². The Balaban J connectivity index is 1.35. The molecule has 0 radical (unpaired) electrons. The number of hydrogen-bond acceptors (Lipinski definition) is 5. The van der Waals surface area contributed by atoms with Gasteiger partial charge in [-0.05, 0) is 78.7 Å². The van der Waals surface area contributed by atoms with Gasteiger partial charge in [-0.25, -0.2) is 4.98 Å². The Morgan fingerprint density at radius 1 is 1.11 bits per heavy atom. The number of piperidine rings is 1. The zero-order valence-corrected chi connectivity index (χ0v) is 20.1. The fraction of sp³-hybridized carbons (Fsp3) is 0.214. The highest BCUT2D eigenvalue weighted by molar-refractivity contribution is 6.32. The molecule has 174 valence electrons. The molecule has 6 nitrogen and oxygen atoms in total. The van der Waals surface area contributed by atoms with Crippen LogP contribution in [0.3, 0.4) is 0 Å². The van der Waals surface area contributed by atoms with Crippen molar-refractivity contribution in [3.05, 3.63) is 89.0 Å². The van der Waals surface area contributed by atoms with E-state index in [0.717, 1.165) is 46.1 Å². The lowest BCUT2D eigenvalue weighted by atomic mass is 9.98. The predicted molar refractivity (Wildman–Crippen MR) is 138 cm³/mol. The number of rotatable bonds is 4. The number of hydrogen-bond donors (Lipinski definition) is 1. The number of pyridine rings is 2. The summed E-state index contributed by atoms with van der Waals surface area (Å²) in [4.78, 5) is 23.4. The molecule has 4 aromatic rings. The van der Waals surface area contributed by atoms with Gasteiger partial charge in [0.2, 0.25) is 0 Å². The van der Waals surface area contributed by atoms with Gasteiger partial charge in [-0.15, -0.1) is 0 Å². The van der Waals surface area contributed by atoms with E-state index in [9.17, 15) is 10.1 Å². The number of carbonyl (C=O) groups excluding carboxylic acids is 1. The first-order valence-corrected chi connectivity index (χ1v) is 12.0. The van der Waals surface area contributed by atoms with Gasteiger partial charge in [0, 0.05) is 48.3 Å². The van der Waals surface area contributed by atoms with Gasteiger partial charge in [-0.2, -0.15) is 5.26 Å². The van der Waals surface area contributed by atoms with Crippen LogP contribution in [-0.2, 0) is 0 Å². The Morgan fingerprint density at radius 3 is 2.71 bits per heavy atom. The summed E-state index contributed by atoms with van der Waals surface area (Å²) < 4.78 is 0. The molecule has 0 atom stereocenters. The number of fused-ring (bicyclic) bond motifs is 1. The summed E-state index contributed by atoms with van der Waals surface area (Å²) in [5.41, 5.74) is 4.91. The smallest absolute Gasteiger partial charge is 0.256 e. The summed E-state index contributed by atoms with van der Waals surface area (Å²) in [7, 11) is 0. The number of amides is 1. The standard InChI is InChI=1S/C28H24ClN5O/c1-18-5-6-24(27(29)32-18)28(35)34-11-8-23(9-12-34)33-26-15-22(14-21-7-10-31-17-25(21)26)20-4-2-3-19(13-20)16-30/h2-7,10,13-15,17,23,33H,8-9,11-12H2,1H3. The minimum atomic E-state index is -0.0741. The van der Waals surface area contributed by atoms with Gasteiger partial charge < -0.3 is 10.2 Å². The molecule has 0 saturated carbocycles. The van der Waals surface area contributed by atoms with Gasteiger partial charge in [-0.1, -0.05) is 23.7 Å². The van der Waals surface area contributed by atoms with Crippen molar-refractivity contribution in [2.75, 3.05) is 18.4 Å². The summed E-state index contributed by atoms with van der Waals surface area (Å²) >= 11 is 6.22. The number of anilines is 1. The number of likely N-dealkylation sites (tertiary alicyclic amines) is 1. The van der Waals surface area contributed by atoms with Crippen molar-refractivity contribution in [3.8, 4) is 17.2 Å². The van der Waals surface area contributed by atoms with Crippen LogP contribution >= 0.6 is 11.6 Å². The van der Waals surface area contributed by atoms with Crippen LogP contribution < -0.4 is 5.32 Å². The molecule has 2 aromatic carbocycles. The second kappa shape index (κ2) is 9.73. The summed E-state index contributed by atoms with van der Waals surface area (Å²) in [5.74, 6) is -0.0741.